The molecular formula is C10H14N2O3. The van der Waals surface area contributed by atoms with Gasteiger partial charge in [-0.15, -0.1) is 0 Å². The molecule has 0 saturated heterocycles. The number of carbonyl (C=O) groups is 1. The number of nitrogens with zero attached hydrogens (tertiary/aromatic N) is 1. The van der Waals surface area contributed by atoms with Crippen LogP contribution in [0.1, 0.15) is 17.9 Å². The summed E-state index contributed by atoms with van der Waals surface area (Å²) in [7, 11) is 1.49. The fourth-order valence-electron chi connectivity index (χ4n) is 1.78. The Kier molecular flexibility index (Phi) is 2.64. The highest BCUT2D eigenvalue weighted by atomic mass is 16.5. The monoisotopic (exact) mass is 210 g/mol. The number of rotatable bonds is 3. The zero-order valence-electron chi connectivity index (χ0n) is 8.51. The minimum atomic E-state index is -0.465. The second-order valence-electron chi connectivity index (χ2n) is 3.80. The summed E-state index contributed by atoms with van der Waals surface area (Å²) in [5.41, 5.74) is 1.14. The number of hydrogen-bond donors (Lipinski definition) is 2. The third kappa shape index (κ3) is 2.12. The predicted octanol–water partition coefficient (Wildman–Crippen LogP) is 1.41. The van der Waals surface area contributed by atoms with Crippen LogP contribution in [0.3, 0.4) is 0 Å². The van der Waals surface area contributed by atoms with Gasteiger partial charge in [-0.2, -0.15) is 0 Å². The highest BCUT2D eigenvalue weighted by Gasteiger charge is 2.40. The summed E-state index contributed by atoms with van der Waals surface area (Å²) in [4.78, 5) is 11.0. The van der Waals surface area contributed by atoms with Crippen molar-refractivity contribution in [1.29, 1.82) is 0 Å². The molecule has 82 valence electrons. The average Bonchev–Trinajstić information content (AvgIpc) is 2.81. The summed E-state index contributed by atoms with van der Waals surface area (Å²) < 4.78 is 4.98. The van der Waals surface area contributed by atoms with Crippen LogP contribution in [0.2, 0.25) is 0 Å². The van der Waals surface area contributed by atoms with Gasteiger partial charge in [-0.25, -0.2) is 9.86 Å². The molecule has 1 aromatic heterocycles. The van der Waals surface area contributed by atoms with Crippen molar-refractivity contribution < 1.29 is 14.4 Å². The molecule has 0 spiro atoms. The minimum absolute atomic E-state index is 0.338. The Hall–Kier alpha value is -1.49. The first-order chi connectivity index (χ1) is 7.22. The summed E-state index contributed by atoms with van der Waals surface area (Å²) >= 11 is 0. The number of amides is 2. The van der Waals surface area contributed by atoms with Crippen LogP contribution >= 0.6 is 0 Å². The van der Waals surface area contributed by atoms with Gasteiger partial charge in [0, 0.05) is 7.05 Å². The summed E-state index contributed by atoms with van der Waals surface area (Å²) in [6.45, 7) is 0.371. The van der Waals surface area contributed by atoms with Crippen LogP contribution in [-0.4, -0.2) is 29.9 Å². The Morgan fingerprint density at radius 1 is 1.80 bits per heavy atom. The standard InChI is InChI=1S/C10H14N2O3/c1-11-10(13)12(14)5-8-4-9(8)7-2-3-15-6-7/h2-3,6,8-9,14H,4-5H2,1H3,(H,11,13). The van der Waals surface area contributed by atoms with Crippen molar-refractivity contribution in [2.45, 2.75) is 12.3 Å². The zero-order chi connectivity index (χ0) is 10.8. The normalized spacial score (nSPS) is 23.6. The van der Waals surface area contributed by atoms with Crippen LogP contribution in [0.5, 0.6) is 0 Å². The van der Waals surface area contributed by atoms with Crippen molar-refractivity contribution >= 4 is 6.03 Å². The third-order valence-corrected chi connectivity index (χ3v) is 2.75. The lowest BCUT2D eigenvalue weighted by molar-refractivity contribution is -0.0462. The topological polar surface area (TPSA) is 65.7 Å². The van der Waals surface area contributed by atoms with Crippen molar-refractivity contribution in [1.82, 2.24) is 10.4 Å². The SMILES string of the molecule is CNC(=O)N(O)CC1CC1c1ccoc1. The zero-order valence-corrected chi connectivity index (χ0v) is 8.51. The maximum atomic E-state index is 11.0. The molecule has 2 atom stereocenters. The molecule has 1 aliphatic rings. The second kappa shape index (κ2) is 3.94. The molecule has 1 heterocycles. The Morgan fingerprint density at radius 3 is 3.20 bits per heavy atom. The summed E-state index contributed by atoms with van der Waals surface area (Å²) in [5, 5.41) is 12.4. The maximum absolute atomic E-state index is 11.0. The number of carbonyl (C=O) groups excluding carboxylic acids is 1. The molecule has 2 N–H and O–H groups in total. The van der Waals surface area contributed by atoms with Gasteiger partial charge < -0.3 is 9.73 Å². The van der Waals surface area contributed by atoms with E-state index in [2.05, 4.69) is 5.32 Å². The van der Waals surface area contributed by atoms with Gasteiger partial charge in [0.15, 0.2) is 0 Å². The fourth-order valence-corrected chi connectivity index (χ4v) is 1.78. The van der Waals surface area contributed by atoms with Gasteiger partial charge in [0.25, 0.3) is 0 Å². The molecule has 0 bridgehead atoms. The summed E-state index contributed by atoms with van der Waals surface area (Å²) in [6, 6.07) is 1.46. The first kappa shape index (κ1) is 10.0. The molecule has 5 heteroatoms. The highest BCUT2D eigenvalue weighted by Crippen LogP contribution is 2.47. The lowest BCUT2D eigenvalue weighted by atomic mass is 10.2. The van der Waals surface area contributed by atoms with Crippen molar-refractivity contribution in [2.75, 3.05) is 13.6 Å². The van der Waals surface area contributed by atoms with Crippen molar-refractivity contribution in [3.05, 3.63) is 24.2 Å². The maximum Gasteiger partial charge on any atom is 0.340 e. The number of nitrogens with one attached hydrogen (secondary N) is 1. The molecule has 2 amide bonds. The number of hydrogen-bond acceptors (Lipinski definition) is 3. The molecule has 0 aromatic carbocycles. The molecule has 0 aliphatic heterocycles. The molecule has 2 unspecified atom stereocenters. The summed E-state index contributed by atoms with van der Waals surface area (Å²) in [5.74, 6) is 0.757. The third-order valence-electron chi connectivity index (χ3n) is 2.75. The first-order valence-electron chi connectivity index (χ1n) is 4.92. The molecule has 0 radical (unpaired) electrons. The largest absolute Gasteiger partial charge is 0.472 e. The van der Waals surface area contributed by atoms with Crippen LogP contribution in [0, 0.1) is 5.92 Å². The van der Waals surface area contributed by atoms with Crippen molar-refractivity contribution in [2.24, 2.45) is 5.92 Å². The fraction of sp³-hybridized carbons (Fsp3) is 0.500. The van der Waals surface area contributed by atoms with E-state index in [1.165, 1.54) is 7.05 Å². The van der Waals surface area contributed by atoms with Crippen LogP contribution < -0.4 is 5.32 Å². The Bertz CT molecular complexity index is 336. The Labute approximate surface area is 87.6 Å². The quantitative estimate of drug-likeness (QED) is 0.585. The first-order valence-corrected chi connectivity index (χ1v) is 4.92. The van der Waals surface area contributed by atoms with Gasteiger partial charge >= 0.3 is 6.03 Å². The molecule has 5 nitrogen and oxygen atoms in total. The van der Waals surface area contributed by atoms with Crippen LogP contribution in [-0.2, 0) is 0 Å². The van der Waals surface area contributed by atoms with Gasteiger partial charge in [-0.3, -0.25) is 5.21 Å². The lowest BCUT2D eigenvalue weighted by Gasteiger charge is -2.13. The molecular weight excluding hydrogens is 196 g/mol. The molecule has 1 saturated carbocycles. The Morgan fingerprint density at radius 2 is 2.60 bits per heavy atom. The van der Waals surface area contributed by atoms with E-state index in [0.717, 1.165) is 17.0 Å². The minimum Gasteiger partial charge on any atom is -0.472 e. The molecule has 1 aromatic rings. The highest BCUT2D eigenvalue weighted by molar-refractivity contribution is 5.72. The van der Waals surface area contributed by atoms with E-state index >= 15 is 0 Å². The number of hydroxylamine groups is 2. The van der Waals surface area contributed by atoms with E-state index in [1.807, 2.05) is 6.07 Å². The molecule has 2 rings (SSSR count). The smallest absolute Gasteiger partial charge is 0.340 e. The van der Waals surface area contributed by atoms with Crippen LogP contribution in [0.25, 0.3) is 0 Å². The Balaban J connectivity index is 1.82. The lowest BCUT2D eigenvalue weighted by Crippen LogP contribution is -2.36. The average molecular weight is 210 g/mol. The van der Waals surface area contributed by atoms with E-state index in [1.54, 1.807) is 12.5 Å². The summed E-state index contributed by atoms with van der Waals surface area (Å²) in [6.07, 6.45) is 4.35. The van der Waals surface area contributed by atoms with Gasteiger partial charge in [0.05, 0.1) is 19.1 Å². The van der Waals surface area contributed by atoms with Crippen molar-refractivity contribution in [3.8, 4) is 0 Å². The number of urea groups is 1. The molecule has 15 heavy (non-hydrogen) atoms. The van der Waals surface area contributed by atoms with Crippen LogP contribution in [0.15, 0.2) is 23.0 Å². The predicted molar refractivity (Wildman–Crippen MR) is 52.5 cm³/mol. The van der Waals surface area contributed by atoms with E-state index < -0.39 is 6.03 Å². The van der Waals surface area contributed by atoms with E-state index in [4.69, 9.17) is 4.42 Å². The van der Waals surface area contributed by atoms with E-state index in [-0.39, 0.29) is 0 Å². The van der Waals surface area contributed by atoms with Gasteiger partial charge in [-0.05, 0) is 29.9 Å². The van der Waals surface area contributed by atoms with Gasteiger partial charge in [-0.1, -0.05) is 0 Å². The van der Waals surface area contributed by atoms with Crippen molar-refractivity contribution in [3.63, 3.8) is 0 Å². The molecule has 1 fully saturated rings. The second-order valence-corrected chi connectivity index (χ2v) is 3.80. The van der Waals surface area contributed by atoms with Crippen LogP contribution in [0.4, 0.5) is 4.79 Å². The van der Waals surface area contributed by atoms with Gasteiger partial charge in [0.1, 0.15) is 0 Å². The van der Waals surface area contributed by atoms with E-state index in [0.29, 0.717) is 18.4 Å². The number of furan rings is 1. The van der Waals surface area contributed by atoms with Gasteiger partial charge in [0.2, 0.25) is 0 Å². The van der Waals surface area contributed by atoms with E-state index in [9.17, 15) is 10.0 Å². The molecule has 1 aliphatic carbocycles.